The highest BCUT2D eigenvalue weighted by molar-refractivity contribution is 8.01. The van der Waals surface area contributed by atoms with E-state index >= 15 is 0 Å². The van der Waals surface area contributed by atoms with Crippen molar-refractivity contribution in [2.24, 2.45) is 0 Å². The number of nitrogens with zero attached hydrogens (tertiary/aromatic N) is 2. The Hall–Kier alpha value is -1.19. The van der Waals surface area contributed by atoms with E-state index in [-0.39, 0.29) is 18.5 Å². The van der Waals surface area contributed by atoms with Gasteiger partial charge in [0.2, 0.25) is 5.13 Å². The predicted octanol–water partition coefficient (Wildman–Crippen LogP) is 1.56. The molecule has 20 heavy (non-hydrogen) atoms. The molecule has 0 bridgehead atoms. The Morgan fingerprint density at radius 1 is 1.40 bits per heavy atom. The van der Waals surface area contributed by atoms with Crippen LogP contribution in [0.4, 0.5) is 5.13 Å². The van der Waals surface area contributed by atoms with Gasteiger partial charge in [-0.15, -0.1) is 10.2 Å². The third-order valence-corrected chi connectivity index (χ3v) is 4.04. The van der Waals surface area contributed by atoms with E-state index in [0.29, 0.717) is 24.6 Å². The standard InChI is InChI=1S/C11H17N3O4S2/c1-3-18-9(16)5-4-6-19-11-14-13-10(20-11)12-8(15)7-17-2/h3-7H2,1-2H3,(H,12,13,15). The van der Waals surface area contributed by atoms with E-state index < -0.39 is 0 Å². The Kier molecular flexibility index (Phi) is 8.16. The maximum absolute atomic E-state index is 11.3. The van der Waals surface area contributed by atoms with Gasteiger partial charge in [-0.05, 0) is 13.3 Å². The van der Waals surface area contributed by atoms with Gasteiger partial charge >= 0.3 is 5.97 Å². The zero-order chi connectivity index (χ0) is 14.8. The Balaban J connectivity index is 2.23. The summed E-state index contributed by atoms with van der Waals surface area (Å²) in [6.45, 7) is 2.18. The monoisotopic (exact) mass is 319 g/mol. The summed E-state index contributed by atoms with van der Waals surface area (Å²) >= 11 is 2.79. The molecule has 0 aliphatic carbocycles. The van der Waals surface area contributed by atoms with Crippen LogP contribution in [-0.4, -0.2) is 48.2 Å². The molecule has 0 saturated carbocycles. The maximum atomic E-state index is 11.3. The third-order valence-electron chi connectivity index (χ3n) is 1.98. The summed E-state index contributed by atoms with van der Waals surface area (Å²) in [4.78, 5) is 22.4. The Morgan fingerprint density at radius 3 is 2.90 bits per heavy atom. The van der Waals surface area contributed by atoms with Gasteiger partial charge in [-0.1, -0.05) is 23.1 Å². The molecule has 0 atom stereocenters. The van der Waals surface area contributed by atoms with Crippen LogP contribution in [0, 0.1) is 0 Å². The minimum atomic E-state index is -0.262. The summed E-state index contributed by atoms with van der Waals surface area (Å²) in [5.41, 5.74) is 0. The molecule has 1 N–H and O–H groups in total. The fraction of sp³-hybridized carbons (Fsp3) is 0.636. The van der Waals surface area contributed by atoms with Crippen LogP contribution in [-0.2, 0) is 19.1 Å². The number of hydrogen-bond donors (Lipinski definition) is 1. The van der Waals surface area contributed by atoms with E-state index in [0.717, 1.165) is 10.1 Å². The van der Waals surface area contributed by atoms with Crippen LogP contribution < -0.4 is 5.32 Å². The number of esters is 1. The van der Waals surface area contributed by atoms with Crippen LogP contribution in [0.3, 0.4) is 0 Å². The highest BCUT2D eigenvalue weighted by Gasteiger charge is 2.08. The van der Waals surface area contributed by atoms with Crippen LogP contribution in [0.25, 0.3) is 0 Å². The first kappa shape index (κ1) is 16.9. The summed E-state index contributed by atoms with van der Waals surface area (Å²) in [7, 11) is 1.45. The van der Waals surface area contributed by atoms with E-state index in [1.54, 1.807) is 6.92 Å². The second-order valence-electron chi connectivity index (χ2n) is 3.61. The van der Waals surface area contributed by atoms with Gasteiger partial charge in [0.25, 0.3) is 5.91 Å². The molecular formula is C11H17N3O4S2. The smallest absolute Gasteiger partial charge is 0.305 e. The number of hydrogen-bond acceptors (Lipinski definition) is 8. The zero-order valence-corrected chi connectivity index (χ0v) is 13.0. The minimum Gasteiger partial charge on any atom is -0.466 e. The van der Waals surface area contributed by atoms with E-state index in [2.05, 4.69) is 15.5 Å². The first-order valence-electron chi connectivity index (χ1n) is 6.06. The molecule has 1 heterocycles. The molecule has 1 aromatic rings. The van der Waals surface area contributed by atoms with Gasteiger partial charge < -0.3 is 9.47 Å². The molecule has 1 amide bonds. The van der Waals surface area contributed by atoms with Crippen LogP contribution in [0.1, 0.15) is 19.8 Å². The van der Waals surface area contributed by atoms with Crippen molar-refractivity contribution in [1.82, 2.24) is 10.2 Å². The van der Waals surface area contributed by atoms with E-state index in [1.807, 2.05) is 0 Å². The molecular weight excluding hydrogens is 302 g/mol. The van der Waals surface area contributed by atoms with Gasteiger partial charge in [0, 0.05) is 19.3 Å². The first-order valence-corrected chi connectivity index (χ1v) is 7.86. The van der Waals surface area contributed by atoms with Crippen molar-refractivity contribution < 1.29 is 19.1 Å². The normalized spacial score (nSPS) is 10.3. The SMILES string of the molecule is CCOC(=O)CCCSc1nnc(NC(=O)COC)s1. The molecule has 0 radical (unpaired) electrons. The number of amides is 1. The van der Waals surface area contributed by atoms with Gasteiger partial charge in [-0.2, -0.15) is 0 Å². The molecule has 0 aliphatic heterocycles. The molecule has 0 unspecified atom stereocenters. The van der Waals surface area contributed by atoms with Crippen molar-refractivity contribution in [2.75, 3.05) is 31.4 Å². The number of rotatable bonds is 9. The van der Waals surface area contributed by atoms with E-state index in [9.17, 15) is 9.59 Å². The average molecular weight is 319 g/mol. The Labute approximate surface area is 125 Å². The molecule has 112 valence electrons. The first-order chi connectivity index (χ1) is 9.65. The van der Waals surface area contributed by atoms with E-state index in [4.69, 9.17) is 9.47 Å². The minimum absolute atomic E-state index is 0.0123. The topological polar surface area (TPSA) is 90.4 Å². The molecule has 1 rings (SSSR count). The zero-order valence-electron chi connectivity index (χ0n) is 11.4. The highest BCUT2D eigenvalue weighted by Crippen LogP contribution is 2.26. The van der Waals surface area contributed by atoms with Gasteiger partial charge in [0.05, 0.1) is 6.61 Å². The van der Waals surface area contributed by atoms with Crippen LogP contribution in [0.15, 0.2) is 4.34 Å². The lowest BCUT2D eigenvalue weighted by Crippen LogP contribution is -2.16. The lowest BCUT2D eigenvalue weighted by atomic mass is 10.3. The van der Waals surface area contributed by atoms with Gasteiger partial charge in [0.15, 0.2) is 4.34 Å². The molecule has 0 aromatic carbocycles. The Morgan fingerprint density at radius 2 is 2.20 bits per heavy atom. The molecule has 7 nitrogen and oxygen atoms in total. The van der Waals surface area contributed by atoms with Crippen molar-refractivity contribution in [3.63, 3.8) is 0 Å². The number of ether oxygens (including phenoxy) is 2. The Bertz CT molecular complexity index is 439. The van der Waals surface area contributed by atoms with Crippen molar-refractivity contribution in [1.29, 1.82) is 0 Å². The summed E-state index contributed by atoms with van der Waals surface area (Å²) in [5.74, 6) is 0.305. The molecule has 0 fully saturated rings. The highest BCUT2D eigenvalue weighted by atomic mass is 32.2. The average Bonchev–Trinajstić information content (AvgIpc) is 2.83. The van der Waals surface area contributed by atoms with Gasteiger partial charge in [-0.25, -0.2) is 0 Å². The number of anilines is 1. The molecule has 1 aromatic heterocycles. The van der Waals surface area contributed by atoms with Crippen molar-refractivity contribution in [3.05, 3.63) is 0 Å². The van der Waals surface area contributed by atoms with Crippen LogP contribution in [0.2, 0.25) is 0 Å². The van der Waals surface area contributed by atoms with Crippen molar-refractivity contribution in [3.8, 4) is 0 Å². The fourth-order valence-electron chi connectivity index (χ4n) is 1.21. The summed E-state index contributed by atoms with van der Waals surface area (Å²) in [5, 5.41) is 10.8. The molecule has 9 heteroatoms. The number of nitrogens with one attached hydrogen (secondary N) is 1. The van der Waals surface area contributed by atoms with E-state index in [1.165, 1.54) is 30.2 Å². The number of methoxy groups -OCH3 is 1. The second kappa shape index (κ2) is 9.67. The van der Waals surface area contributed by atoms with Crippen LogP contribution in [0.5, 0.6) is 0 Å². The summed E-state index contributed by atoms with van der Waals surface area (Å²) in [6, 6.07) is 0. The summed E-state index contributed by atoms with van der Waals surface area (Å²) < 4.78 is 10.3. The van der Waals surface area contributed by atoms with Crippen LogP contribution >= 0.6 is 23.1 Å². The quantitative estimate of drug-likeness (QED) is 0.320. The number of thioether (sulfide) groups is 1. The molecule has 0 saturated heterocycles. The predicted molar refractivity (Wildman–Crippen MR) is 77.0 cm³/mol. The molecule has 0 aliphatic rings. The molecule has 0 spiro atoms. The van der Waals surface area contributed by atoms with Gasteiger partial charge in [0.1, 0.15) is 6.61 Å². The maximum Gasteiger partial charge on any atom is 0.305 e. The number of carbonyl (C=O) groups excluding carboxylic acids is 2. The van der Waals surface area contributed by atoms with Crippen molar-refractivity contribution in [2.45, 2.75) is 24.1 Å². The third kappa shape index (κ3) is 6.83. The lowest BCUT2D eigenvalue weighted by molar-refractivity contribution is -0.143. The second-order valence-corrected chi connectivity index (χ2v) is 5.93. The number of aromatic nitrogens is 2. The van der Waals surface area contributed by atoms with Crippen molar-refractivity contribution >= 4 is 40.1 Å². The lowest BCUT2D eigenvalue weighted by Gasteiger charge is -2.00. The summed E-state index contributed by atoms with van der Waals surface area (Å²) in [6.07, 6.45) is 1.12. The largest absolute Gasteiger partial charge is 0.466 e. The van der Waals surface area contributed by atoms with Gasteiger partial charge in [-0.3, -0.25) is 14.9 Å². The number of carbonyl (C=O) groups is 2. The fourth-order valence-corrected chi connectivity index (χ4v) is 2.99.